The zero-order valence-corrected chi connectivity index (χ0v) is 18.2. The Morgan fingerprint density at radius 3 is 2.69 bits per heavy atom. The largest absolute Gasteiger partial charge is 0.469 e. The molecular formula is C24H32N2O3. The smallest absolute Gasteiger partial charge is 0.307 e. The predicted molar refractivity (Wildman–Crippen MR) is 114 cm³/mol. The van der Waals surface area contributed by atoms with Crippen LogP contribution in [0, 0.1) is 10.8 Å². The molecule has 0 radical (unpaired) electrons. The quantitative estimate of drug-likeness (QED) is 0.697. The summed E-state index contributed by atoms with van der Waals surface area (Å²) in [4.78, 5) is 27.1. The van der Waals surface area contributed by atoms with Crippen molar-refractivity contribution in [2.24, 2.45) is 10.8 Å². The Morgan fingerprint density at radius 2 is 1.97 bits per heavy atom. The summed E-state index contributed by atoms with van der Waals surface area (Å²) in [6.07, 6.45) is 5.69. The summed E-state index contributed by atoms with van der Waals surface area (Å²) in [6, 6.07) is 8.30. The van der Waals surface area contributed by atoms with Gasteiger partial charge in [0.2, 0.25) is 0 Å². The Kier molecular flexibility index (Phi) is 4.75. The first-order valence-corrected chi connectivity index (χ1v) is 10.6. The number of ether oxygens (including phenoxy) is 1. The molecular weight excluding hydrogens is 364 g/mol. The highest BCUT2D eigenvalue weighted by molar-refractivity contribution is 5.98. The summed E-state index contributed by atoms with van der Waals surface area (Å²) in [7, 11) is 1.41. The van der Waals surface area contributed by atoms with E-state index in [0.717, 1.165) is 35.9 Å². The van der Waals surface area contributed by atoms with Crippen LogP contribution in [0.25, 0.3) is 10.9 Å². The van der Waals surface area contributed by atoms with Crippen LogP contribution >= 0.6 is 0 Å². The molecule has 4 rings (SSSR count). The van der Waals surface area contributed by atoms with Gasteiger partial charge in [0.25, 0.3) is 5.91 Å². The fraction of sp³-hybridized carbons (Fsp3) is 0.583. The molecule has 2 aliphatic rings. The molecule has 1 aromatic heterocycles. The van der Waals surface area contributed by atoms with E-state index in [9.17, 15) is 9.59 Å². The second-order valence-electron chi connectivity index (χ2n) is 10.3. The molecule has 2 heterocycles. The molecule has 0 spiro atoms. The van der Waals surface area contributed by atoms with Gasteiger partial charge in [-0.2, -0.15) is 0 Å². The van der Waals surface area contributed by atoms with Crippen LogP contribution in [0.4, 0.5) is 0 Å². The van der Waals surface area contributed by atoms with Crippen LogP contribution in [0.15, 0.2) is 30.5 Å². The number of methoxy groups -OCH3 is 1. The third-order valence-electron chi connectivity index (χ3n) is 6.81. The van der Waals surface area contributed by atoms with E-state index < -0.39 is 0 Å². The topological polar surface area (TPSA) is 51.5 Å². The lowest BCUT2D eigenvalue weighted by molar-refractivity contribution is -0.141. The van der Waals surface area contributed by atoms with Crippen molar-refractivity contribution < 1.29 is 14.3 Å². The van der Waals surface area contributed by atoms with Crippen molar-refractivity contribution in [3.63, 3.8) is 0 Å². The maximum absolute atomic E-state index is 13.4. The molecule has 3 atom stereocenters. The fourth-order valence-corrected chi connectivity index (χ4v) is 5.97. The van der Waals surface area contributed by atoms with E-state index in [4.69, 9.17) is 4.74 Å². The van der Waals surface area contributed by atoms with Gasteiger partial charge >= 0.3 is 5.97 Å². The summed E-state index contributed by atoms with van der Waals surface area (Å²) in [5.74, 6) is -0.0728. The minimum Gasteiger partial charge on any atom is -0.469 e. The number of hydrogen-bond acceptors (Lipinski definition) is 3. The van der Waals surface area contributed by atoms with Crippen molar-refractivity contribution in [2.75, 3.05) is 13.7 Å². The van der Waals surface area contributed by atoms with Crippen LogP contribution in [-0.4, -0.2) is 41.0 Å². The minimum absolute atomic E-state index is 0.00140. The number of amides is 1. The Labute approximate surface area is 173 Å². The van der Waals surface area contributed by atoms with Crippen molar-refractivity contribution in [3.8, 4) is 0 Å². The number of nitrogens with zero attached hydrogens (tertiary/aromatic N) is 2. The van der Waals surface area contributed by atoms with Gasteiger partial charge in [-0.3, -0.25) is 9.59 Å². The van der Waals surface area contributed by atoms with Crippen molar-refractivity contribution in [1.82, 2.24) is 9.47 Å². The molecule has 2 aromatic rings. The summed E-state index contributed by atoms with van der Waals surface area (Å²) < 4.78 is 6.87. The third-order valence-corrected chi connectivity index (χ3v) is 6.81. The van der Waals surface area contributed by atoms with Crippen LogP contribution < -0.4 is 0 Å². The normalized spacial score (nSPS) is 26.5. The van der Waals surface area contributed by atoms with Crippen LogP contribution in [0.1, 0.15) is 69.8 Å². The average Bonchev–Trinajstić information content (AvgIpc) is 3.17. The molecule has 1 saturated carbocycles. The lowest BCUT2D eigenvalue weighted by Gasteiger charge is -2.39. The van der Waals surface area contributed by atoms with Gasteiger partial charge in [-0.1, -0.05) is 20.8 Å². The molecule has 0 N–H and O–H groups in total. The molecule has 5 nitrogen and oxygen atoms in total. The third kappa shape index (κ3) is 3.67. The van der Waals surface area contributed by atoms with E-state index in [1.165, 1.54) is 13.5 Å². The van der Waals surface area contributed by atoms with Crippen LogP contribution in [-0.2, 0) is 9.53 Å². The molecule has 1 amide bonds. The van der Waals surface area contributed by atoms with Gasteiger partial charge in [-0.15, -0.1) is 0 Å². The van der Waals surface area contributed by atoms with Crippen LogP contribution in [0.3, 0.4) is 0 Å². The Hall–Kier alpha value is -2.30. The van der Waals surface area contributed by atoms with Crippen molar-refractivity contribution >= 4 is 22.8 Å². The van der Waals surface area contributed by atoms with Gasteiger partial charge in [0, 0.05) is 41.3 Å². The van der Waals surface area contributed by atoms with E-state index >= 15 is 0 Å². The van der Waals surface area contributed by atoms with Crippen molar-refractivity contribution in [3.05, 3.63) is 36.0 Å². The molecule has 29 heavy (non-hydrogen) atoms. The standard InChI is InChI=1S/C24H32N2O3/c1-16(10-21(27)29-5)25-9-8-17-11-18(6-7-20(17)25)22(28)26-15-24(4)13-19(26)12-23(2,3)14-24/h6-9,11,16,19H,10,12-15H2,1-5H3. The average molecular weight is 397 g/mol. The minimum atomic E-state index is -0.220. The fourth-order valence-electron chi connectivity index (χ4n) is 5.97. The summed E-state index contributed by atoms with van der Waals surface area (Å²) in [6.45, 7) is 9.85. The first-order chi connectivity index (χ1) is 13.6. The zero-order valence-electron chi connectivity index (χ0n) is 18.2. The second-order valence-corrected chi connectivity index (χ2v) is 10.3. The van der Waals surface area contributed by atoms with E-state index in [2.05, 4.69) is 30.2 Å². The highest BCUT2D eigenvalue weighted by Crippen LogP contribution is 2.52. The Morgan fingerprint density at radius 1 is 1.21 bits per heavy atom. The summed E-state index contributed by atoms with van der Waals surface area (Å²) in [5, 5.41) is 1.03. The highest BCUT2D eigenvalue weighted by Gasteiger charge is 2.51. The molecule has 156 valence electrons. The summed E-state index contributed by atoms with van der Waals surface area (Å²) >= 11 is 0. The van der Waals surface area contributed by atoms with Crippen molar-refractivity contribution in [2.45, 2.75) is 65.5 Å². The first-order valence-electron chi connectivity index (χ1n) is 10.6. The van der Waals surface area contributed by atoms with Crippen LogP contribution in [0.2, 0.25) is 0 Å². The number of rotatable bonds is 4. The maximum Gasteiger partial charge on any atom is 0.307 e. The number of benzene rings is 1. The number of likely N-dealkylation sites (tertiary alicyclic amines) is 1. The molecule has 1 aromatic carbocycles. The molecule has 5 heteroatoms. The van der Waals surface area contributed by atoms with Crippen LogP contribution in [0.5, 0.6) is 0 Å². The highest BCUT2D eigenvalue weighted by atomic mass is 16.5. The molecule has 1 saturated heterocycles. The van der Waals surface area contributed by atoms with E-state index in [-0.39, 0.29) is 23.3 Å². The maximum atomic E-state index is 13.4. The predicted octanol–water partition coefficient (Wildman–Crippen LogP) is 4.81. The number of esters is 1. The number of hydrogen-bond donors (Lipinski definition) is 0. The Bertz CT molecular complexity index is 960. The van der Waals surface area contributed by atoms with E-state index in [1.807, 2.05) is 37.4 Å². The molecule has 1 aliphatic carbocycles. The zero-order chi connectivity index (χ0) is 21.0. The number of fused-ring (bicyclic) bond motifs is 3. The van der Waals surface area contributed by atoms with Crippen molar-refractivity contribution in [1.29, 1.82) is 0 Å². The van der Waals surface area contributed by atoms with E-state index in [1.54, 1.807) is 0 Å². The molecule has 2 fully saturated rings. The number of carbonyl (C=O) groups excluding carboxylic acids is 2. The van der Waals surface area contributed by atoms with Gasteiger partial charge in [0.15, 0.2) is 0 Å². The van der Waals surface area contributed by atoms with Gasteiger partial charge in [0.1, 0.15) is 0 Å². The second kappa shape index (κ2) is 6.89. The number of carbonyl (C=O) groups is 2. The molecule has 2 bridgehead atoms. The molecule has 1 aliphatic heterocycles. The van der Waals surface area contributed by atoms with Gasteiger partial charge in [-0.05, 0) is 61.3 Å². The Balaban J connectivity index is 1.58. The first kappa shape index (κ1) is 20.0. The lowest BCUT2D eigenvalue weighted by Crippen LogP contribution is -2.37. The molecule has 3 unspecified atom stereocenters. The summed E-state index contributed by atoms with van der Waals surface area (Å²) in [5.41, 5.74) is 2.32. The van der Waals surface area contributed by atoms with Gasteiger partial charge < -0.3 is 14.2 Å². The lowest BCUT2D eigenvalue weighted by atomic mass is 9.65. The van der Waals surface area contributed by atoms with Gasteiger partial charge in [0.05, 0.1) is 13.5 Å². The monoisotopic (exact) mass is 396 g/mol. The SMILES string of the molecule is COC(=O)CC(C)n1ccc2cc(C(=O)N3CC4(C)CC3CC(C)(C)C4)ccc21. The van der Waals surface area contributed by atoms with E-state index in [0.29, 0.717) is 17.9 Å². The number of aromatic nitrogens is 1. The van der Waals surface area contributed by atoms with Gasteiger partial charge in [-0.25, -0.2) is 0 Å².